The minimum atomic E-state index is -0.863. The van der Waals surface area contributed by atoms with Gasteiger partial charge in [-0.15, -0.1) is 0 Å². The lowest BCUT2D eigenvalue weighted by molar-refractivity contribution is -0.143. The van der Waals surface area contributed by atoms with Gasteiger partial charge in [0.05, 0.1) is 24.9 Å². The minimum absolute atomic E-state index is 0.0422. The van der Waals surface area contributed by atoms with Crippen molar-refractivity contribution in [3.05, 3.63) is 59.4 Å². The van der Waals surface area contributed by atoms with Crippen molar-refractivity contribution >= 4 is 22.7 Å². The van der Waals surface area contributed by atoms with Gasteiger partial charge >= 0.3 is 5.97 Å². The van der Waals surface area contributed by atoms with E-state index in [4.69, 9.17) is 14.5 Å². The quantitative estimate of drug-likeness (QED) is 0.408. The van der Waals surface area contributed by atoms with Gasteiger partial charge in [-0.2, -0.15) is 0 Å². The molecular weight excluding hydrogens is 456 g/mol. The number of ether oxygens (including phenoxy) is 2. The number of pyridine rings is 2. The van der Waals surface area contributed by atoms with Crippen LogP contribution in [0.2, 0.25) is 0 Å². The molecule has 5 rings (SSSR count). The Morgan fingerprint density at radius 2 is 2.19 bits per heavy atom. The van der Waals surface area contributed by atoms with Crippen LogP contribution in [0.5, 0.6) is 5.75 Å². The van der Waals surface area contributed by atoms with Crippen molar-refractivity contribution in [3.8, 4) is 5.75 Å². The van der Waals surface area contributed by atoms with E-state index >= 15 is 0 Å². The second-order valence-electron chi connectivity index (χ2n) is 9.60. The van der Waals surface area contributed by atoms with Crippen molar-refractivity contribution < 1.29 is 19.4 Å². The van der Waals surface area contributed by atoms with E-state index in [-0.39, 0.29) is 6.10 Å². The molecule has 2 unspecified atom stereocenters. The van der Waals surface area contributed by atoms with Gasteiger partial charge in [-0.1, -0.05) is 18.2 Å². The lowest BCUT2D eigenvalue weighted by Crippen LogP contribution is -2.33. The van der Waals surface area contributed by atoms with Crippen molar-refractivity contribution in [2.75, 3.05) is 38.7 Å². The molecule has 36 heavy (non-hydrogen) atoms. The summed E-state index contributed by atoms with van der Waals surface area (Å²) in [5, 5.41) is 14.3. The summed E-state index contributed by atoms with van der Waals surface area (Å²) in [5.74, 6) is 0.802. The van der Waals surface area contributed by atoms with Gasteiger partial charge in [-0.3, -0.25) is 14.7 Å². The van der Waals surface area contributed by atoms with Gasteiger partial charge in [-0.25, -0.2) is 4.98 Å². The molecule has 0 aliphatic carbocycles. The average molecular weight is 491 g/mol. The van der Waals surface area contributed by atoms with Gasteiger partial charge in [0.2, 0.25) is 0 Å². The molecule has 0 amide bonds. The second kappa shape index (κ2) is 11.2. The number of carboxylic acid groups (broad SMARTS) is 1. The van der Waals surface area contributed by atoms with Gasteiger partial charge in [0, 0.05) is 37.3 Å². The molecule has 2 N–H and O–H groups in total. The molecule has 2 aliphatic heterocycles. The molecule has 1 aromatic carbocycles. The average Bonchev–Trinajstić information content (AvgIpc) is 3.36. The molecule has 1 fully saturated rings. The molecule has 2 atom stereocenters. The highest BCUT2D eigenvalue weighted by molar-refractivity contribution is 5.89. The van der Waals surface area contributed by atoms with E-state index in [1.54, 1.807) is 13.3 Å². The Labute approximate surface area is 211 Å². The number of hydrogen-bond acceptors (Lipinski definition) is 7. The highest BCUT2D eigenvalue weighted by Crippen LogP contribution is 2.32. The zero-order valence-electron chi connectivity index (χ0n) is 20.8. The summed E-state index contributed by atoms with van der Waals surface area (Å²) in [6.45, 7) is 2.96. The summed E-state index contributed by atoms with van der Waals surface area (Å²) in [6, 6.07) is 11.1. The fraction of sp³-hybridized carbons (Fsp3) is 0.464. The number of aromatic nitrogens is 2. The van der Waals surface area contributed by atoms with Crippen LogP contribution in [0.15, 0.2) is 42.6 Å². The van der Waals surface area contributed by atoms with Crippen LogP contribution in [0.25, 0.3) is 10.9 Å². The summed E-state index contributed by atoms with van der Waals surface area (Å²) in [5.41, 5.74) is 3.94. The van der Waals surface area contributed by atoms with Crippen LogP contribution in [0.4, 0.5) is 5.82 Å². The van der Waals surface area contributed by atoms with Gasteiger partial charge in [0.1, 0.15) is 17.6 Å². The minimum Gasteiger partial charge on any atom is -0.495 e. The van der Waals surface area contributed by atoms with E-state index < -0.39 is 12.0 Å². The zero-order chi connectivity index (χ0) is 24.9. The number of likely N-dealkylation sites (tertiary alicyclic amines) is 1. The summed E-state index contributed by atoms with van der Waals surface area (Å²) < 4.78 is 11.5. The topological polar surface area (TPSA) is 96.8 Å². The molecule has 190 valence electrons. The molecule has 8 heteroatoms. The number of nitrogens with one attached hydrogen (secondary N) is 1. The Balaban J connectivity index is 1.14. The number of carbonyl (C=O) groups is 1. The van der Waals surface area contributed by atoms with Gasteiger partial charge in [0.15, 0.2) is 0 Å². The van der Waals surface area contributed by atoms with E-state index in [0.717, 1.165) is 66.6 Å². The number of unbranched alkanes of at least 4 members (excludes halogenated alkanes) is 1. The highest BCUT2D eigenvalue weighted by atomic mass is 16.5. The van der Waals surface area contributed by atoms with E-state index in [1.807, 2.05) is 29.2 Å². The van der Waals surface area contributed by atoms with E-state index in [0.29, 0.717) is 25.4 Å². The molecule has 2 aromatic heterocycles. The predicted octanol–water partition coefficient (Wildman–Crippen LogP) is 4.24. The Bertz CT molecular complexity index is 1220. The fourth-order valence-electron chi connectivity index (χ4n) is 5.28. The maximum Gasteiger partial charge on any atom is 0.325 e. The number of benzene rings is 1. The normalized spacial score (nSPS) is 18.5. The third kappa shape index (κ3) is 5.44. The SMILES string of the molecule is COc1cnc2cccc(C(C(=O)O)N3CCC(OCCCCc4ccc5c(n4)NCCC5)C3)c2c1. The zero-order valence-corrected chi connectivity index (χ0v) is 20.8. The van der Waals surface area contributed by atoms with Gasteiger partial charge < -0.3 is 19.9 Å². The lowest BCUT2D eigenvalue weighted by atomic mass is 10.00. The van der Waals surface area contributed by atoms with Crippen LogP contribution >= 0.6 is 0 Å². The number of aliphatic carboxylic acids is 1. The standard InChI is InChI=1S/C28H34N4O4/c1-35-22-16-24-23(8-4-9-25(24)30-17-22)26(28(33)34)32-14-12-21(18-32)36-15-3-2-7-20-11-10-19-6-5-13-29-27(19)31-20/h4,8-11,16-17,21,26H,2-3,5-7,12-15,18H2,1H3,(H,29,31)(H,33,34). The number of hydrogen-bond donors (Lipinski definition) is 2. The molecule has 1 saturated heterocycles. The van der Waals surface area contributed by atoms with Crippen molar-refractivity contribution in [1.82, 2.24) is 14.9 Å². The Morgan fingerprint density at radius 1 is 1.28 bits per heavy atom. The summed E-state index contributed by atoms with van der Waals surface area (Å²) >= 11 is 0. The first-order valence-electron chi connectivity index (χ1n) is 12.9. The van der Waals surface area contributed by atoms with E-state index in [9.17, 15) is 9.90 Å². The van der Waals surface area contributed by atoms with Crippen LogP contribution in [0.1, 0.15) is 48.5 Å². The first-order chi connectivity index (χ1) is 17.6. The molecule has 3 aromatic rings. The molecule has 4 heterocycles. The number of carboxylic acids is 1. The number of nitrogens with zero attached hydrogens (tertiary/aromatic N) is 3. The summed E-state index contributed by atoms with van der Waals surface area (Å²) in [7, 11) is 1.59. The number of anilines is 1. The number of aryl methyl sites for hydroxylation is 2. The third-order valence-corrected chi connectivity index (χ3v) is 7.17. The molecule has 0 spiro atoms. The van der Waals surface area contributed by atoms with Crippen molar-refractivity contribution in [2.45, 2.75) is 50.7 Å². The van der Waals surface area contributed by atoms with Gasteiger partial charge in [0.25, 0.3) is 0 Å². The maximum atomic E-state index is 12.4. The third-order valence-electron chi connectivity index (χ3n) is 7.17. The molecular formula is C28H34N4O4. The largest absolute Gasteiger partial charge is 0.495 e. The van der Waals surface area contributed by atoms with Crippen molar-refractivity contribution in [2.24, 2.45) is 0 Å². The maximum absolute atomic E-state index is 12.4. The van der Waals surface area contributed by atoms with Crippen molar-refractivity contribution in [3.63, 3.8) is 0 Å². The van der Waals surface area contributed by atoms with Gasteiger partial charge in [-0.05, 0) is 67.9 Å². The Kier molecular flexibility index (Phi) is 7.63. The summed E-state index contributed by atoms with van der Waals surface area (Å²) in [6.07, 6.45) is 7.72. The molecule has 0 bridgehead atoms. The molecule has 2 aliphatic rings. The Hall–Kier alpha value is -3.23. The predicted molar refractivity (Wildman–Crippen MR) is 139 cm³/mol. The number of rotatable bonds is 10. The molecule has 0 radical (unpaired) electrons. The number of fused-ring (bicyclic) bond motifs is 2. The van der Waals surface area contributed by atoms with E-state index in [1.165, 1.54) is 12.0 Å². The smallest absolute Gasteiger partial charge is 0.325 e. The first kappa shape index (κ1) is 24.5. The molecule has 0 saturated carbocycles. The van der Waals surface area contributed by atoms with Crippen molar-refractivity contribution in [1.29, 1.82) is 0 Å². The lowest BCUT2D eigenvalue weighted by Gasteiger charge is -2.25. The Morgan fingerprint density at radius 3 is 3.06 bits per heavy atom. The van der Waals surface area contributed by atoms with Crippen LogP contribution in [-0.2, 0) is 22.4 Å². The highest BCUT2D eigenvalue weighted by Gasteiger charge is 2.35. The first-order valence-corrected chi connectivity index (χ1v) is 12.9. The monoisotopic (exact) mass is 490 g/mol. The second-order valence-corrected chi connectivity index (χ2v) is 9.60. The van der Waals surface area contributed by atoms with Crippen LogP contribution in [-0.4, -0.2) is 65.4 Å². The van der Waals surface area contributed by atoms with Crippen LogP contribution < -0.4 is 10.1 Å². The van der Waals surface area contributed by atoms with Crippen LogP contribution in [0, 0.1) is 0 Å². The van der Waals surface area contributed by atoms with Crippen LogP contribution in [0.3, 0.4) is 0 Å². The summed E-state index contributed by atoms with van der Waals surface area (Å²) in [4.78, 5) is 23.6. The van der Waals surface area contributed by atoms with E-state index in [2.05, 4.69) is 22.4 Å². The molecule has 8 nitrogen and oxygen atoms in total. The number of methoxy groups -OCH3 is 1. The fourth-order valence-corrected chi connectivity index (χ4v) is 5.28.